The molecule has 0 radical (unpaired) electrons. The Morgan fingerprint density at radius 2 is 1.81 bits per heavy atom. The second-order valence-electron chi connectivity index (χ2n) is 5.18. The van der Waals surface area contributed by atoms with E-state index in [4.69, 9.17) is 5.14 Å². The van der Waals surface area contributed by atoms with E-state index in [1.54, 1.807) is 11.0 Å². The number of carbonyl (C=O) groups is 1. The van der Waals surface area contributed by atoms with Crippen LogP contribution >= 0.6 is 0 Å². The average Bonchev–Trinajstić information content (AvgIpc) is 2.46. The molecule has 0 atom stereocenters. The lowest BCUT2D eigenvalue weighted by Crippen LogP contribution is -2.52. The Balaban J connectivity index is 2.07. The Labute approximate surface area is 125 Å². The van der Waals surface area contributed by atoms with E-state index >= 15 is 0 Å². The Kier molecular flexibility index (Phi) is 4.50. The van der Waals surface area contributed by atoms with Crippen LogP contribution in [-0.4, -0.2) is 63.8 Å². The molecule has 0 aromatic heterocycles. The Hall–Kier alpha value is -1.64. The maximum atomic E-state index is 12.4. The highest BCUT2D eigenvalue weighted by atomic mass is 32.2. The van der Waals surface area contributed by atoms with Crippen LogP contribution in [0.15, 0.2) is 24.3 Å². The fraction of sp³-hybridized carbons (Fsp3) is 0.462. The predicted molar refractivity (Wildman–Crippen MR) is 81.4 cm³/mol. The van der Waals surface area contributed by atoms with Crippen molar-refractivity contribution in [3.8, 4) is 0 Å². The number of rotatable bonds is 3. The smallest absolute Gasteiger partial charge is 0.277 e. The summed E-state index contributed by atoms with van der Waals surface area (Å²) in [5.41, 5.74) is 1.55. The first-order valence-corrected chi connectivity index (χ1v) is 8.14. The van der Waals surface area contributed by atoms with Crippen LogP contribution in [0, 0.1) is 0 Å². The van der Waals surface area contributed by atoms with Crippen LogP contribution in [0.2, 0.25) is 0 Å². The van der Waals surface area contributed by atoms with E-state index in [9.17, 15) is 13.2 Å². The third-order valence-electron chi connectivity index (χ3n) is 3.50. The van der Waals surface area contributed by atoms with Gasteiger partial charge in [0.05, 0.1) is 0 Å². The summed E-state index contributed by atoms with van der Waals surface area (Å²) < 4.78 is 23.7. The first-order valence-electron chi connectivity index (χ1n) is 6.63. The monoisotopic (exact) mass is 312 g/mol. The van der Waals surface area contributed by atoms with Gasteiger partial charge in [0.15, 0.2) is 0 Å². The molecule has 0 spiro atoms. The van der Waals surface area contributed by atoms with Gasteiger partial charge in [-0.05, 0) is 18.2 Å². The van der Waals surface area contributed by atoms with Crippen LogP contribution < -0.4 is 10.0 Å². The number of benzene rings is 1. The van der Waals surface area contributed by atoms with Crippen molar-refractivity contribution in [3.63, 3.8) is 0 Å². The molecule has 116 valence electrons. The number of amides is 1. The SMILES string of the molecule is CN(C)c1cccc(C(=O)N2CCN(S(N)(=O)=O)CC2)c1. The number of piperazine rings is 1. The molecule has 0 saturated carbocycles. The minimum absolute atomic E-state index is 0.0900. The Bertz CT molecular complexity index is 622. The molecular weight excluding hydrogens is 292 g/mol. The molecule has 1 aromatic carbocycles. The topological polar surface area (TPSA) is 86.9 Å². The third kappa shape index (κ3) is 3.72. The lowest BCUT2D eigenvalue weighted by molar-refractivity contribution is 0.0698. The van der Waals surface area contributed by atoms with Crippen LogP contribution in [0.25, 0.3) is 0 Å². The molecule has 0 unspecified atom stereocenters. The van der Waals surface area contributed by atoms with Crippen LogP contribution in [0.1, 0.15) is 10.4 Å². The molecule has 1 saturated heterocycles. The van der Waals surface area contributed by atoms with Crippen molar-refractivity contribution in [3.05, 3.63) is 29.8 Å². The lowest BCUT2D eigenvalue weighted by atomic mass is 10.1. The van der Waals surface area contributed by atoms with Gasteiger partial charge >= 0.3 is 0 Å². The number of nitrogens with zero attached hydrogens (tertiary/aromatic N) is 3. The summed E-state index contributed by atoms with van der Waals surface area (Å²) in [6.45, 7) is 1.17. The average molecular weight is 312 g/mol. The zero-order valence-corrected chi connectivity index (χ0v) is 13.0. The second kappa shape index (κ2) is 6.00. The van der Waals surface area contributed by atoms with E-state index in [2.05, 4.69) is 0 Å². The molecule has 1 heterocycles. The molecule has 2 rings (SSSR count). The molecule has 1 aliphatic heterocycles. The minimum atomic E-state index is -3.67. The van der Waals surface area contributed by atoms with Gasteiger partial charge in [0.25, 0.3) is 16.1 Å². The lowest BCUT2D eigenvalue weighted by Gasteiger charge is -2.33. The van der Waals surface area contributed by atoms with Gasteiger partial charge < -0.3 is 9.80 Å². The third-order valence-corrected chi connectivity index (χ3v) is 4.58. The van der Waals surface area contributed by atoms with Crippen LogP contribution in [0.5, 0.6) is 0 Å². The molecule has 2 N–H and O–H groups in total. The van der Waals surface area contributed by atoms with Gasteiger partial charge in [0.1, 0.15) is 0 Å². The van der Waals surface area contributed by atoms with Gasteiger partial charge in [-0.15, -0.1) is 0 Å². The van der Waals surface area contributed by atoms with Crippen molar-refractivity contribution >= 4 is 21.8 Å². The molecule has 8 heteroatoms. The minimum Gasteiger partial charge on any atom is -0.378 e. The molecule has 7 nitrogen and oxygen atoms in total. The van der Waals surface area contributed by atoms with Crippen molar-refractivity contribution in [1.29, 1.82) is 0 Å². The summed E-state index contributed by atoms with van der Waals surface area (Å²) in [5, 5.41) is 5.09. The largest absolute Gasteiger partial charge is 0.378 e. The van der Waals surface area contributed by atoms with Gasteiger partial charge in [-0.3, -0.25) is 4.79 Å². The summed E-state index contributed by atoms with van der Waals surface area (Å²) >= 11 is 0. The summed E-state index contributed by atoms with van der Waals surface area (Å²) in [6, 6.07) is 7.36. The van der Waals surface area contributed by atoms with E-state index in [0.29, 0.717) is 18.7 Å². The maximum Gasteiger partial charge on any atom is 0.277 e. The second-order valence-corrected chi connectivity index (χ2v) is 6.73. The van der Waals surface area contributed by atoms with Crippen LogP contribution in [0.3, 0.4) is 0 Å². The summed E-state index contributed by atoms with van der Waals surface area (Å²) in [7, 11) is 0.153. The highest BCUT2D eigenvalue weighted by molar-refractivity contribution is 7.86. The maximum absolute atomic E-state index is 12.4. The van der Waals surface area contributed by atoms with Gasteiger partial charge in [-0.2, -0.15) is 12.7 Å². The zero-order valence-electron chi connectivity index (χ0n) is 12.2. The molecule has 1 fully saturated rings. The number of hydrogen-bond donors (Lipinski definition) is 1. The predicted octanol–water partition coefficient (Wildman–Crippen LogP) is -0.286. The highest BCUT2D eigenvalue weighted by Crippen LogP contribution is 2.16. The van der Waals surface area contributed by atoms with Crippen molar-refractivity contribution in [1.82, 2.24) is 9.21 Å². The van der Waals surface area contributed by atoms with E-state index in [-0.39, 0.29) is 19.0 Å². The fourth-order valence-corrected chi connectivity index (χ4v) is 2.92. The normalized spacial score (nSPS) is 16.8. The van der Waals surface area contributed by atoms with Crippen molar-refractivity contribution in [2.75, 3.05) is 45.2 Å². The first kappa shape index (κ1) is 15.7. The van der Waals surface area contributed by atoms with Gasteiger partial charge in [0, 0.05) is 51.5 Å². The van der Waals surface area contributed by atoms with Crippen molar-refractivity contribution in [2.24, 2.45) is 5.14 Å². The Morgan fingerprint density at radius 1 is 1.19 bits per heavy atom. The number of carbonyl (C=O) groups excluding carboxylic acids is 1. The quantitative estimate of drug-likeness (QED) is 0.831. The first-order chi connectivity index (χ1) is 9.79. The standard InChI is InChI=1S/C13H20N4O3S/c1-15(2)12-5-3-4-11(10-12)13(18)16-6-8-17(9-7-16)21(14,19)20/h3-5,10H,6-9H2,1-2H3,(H2,14,19,20). The van der Waals surface area contributed by atoms with Gasteiger partial charge in [-0.25, -0.2) is 5.14 Å². The molecule has 1 amide bonds. The molecule has 1 aliphatic rings. The Morgan fingerprint density at radius 3 is 2.33 bits per heavy atom. The van der Waals surface area contributed by atoms with Crippen molar-refractivity contribution < 1.29 is 13.2 Å². The van der Waals surface area contributed by atoms with E-state index in [0.717, 1.165) is 5.69 Å². The number of hydrogen-bond acceptors (Lipinski definition) is 4. The van der Waals surface area contributed by atoms with E-state index in [1.165, 1.54) is 4.31 Å². The number of nitrogens with two attached hydrogens (primary N) is 1. The van der Waals surface area contributed by atoms with Gasteiger partial charge in [-0.1, -0.05) is 6.07 Å². The van der Waals surface area contributed by atoms with Crippen LogP contribution in [-0.2, 0) is 10.2 Å². The molecular formula is C13H20N4O3S. The zero-order chi connectivity index (χ0) is 15.6. The highest BCUT2D eigenvalue weighted by Gasteiger charge is 2.27. The summed E-state index contributed by atoms with van der Waals surface area (Å²) in [4.78, 5) is 16.0. The van der Waals surface area contributed by atoms with E-state index < -0.39 is 10.2 Å². The molecule has 0 aliphatic carbocycles. The van der Waals surface area contributed by atoms with E-state index in [1.807, 2.05) is 37.2 Å². The van der Waals surface area contributed by atoms with Crippen molar-refractivity contribution in [2.45, 2.75) is 0 Å². The molecule has 0 bridgehead atoms. The molecule has 21 heavy (non-hydrogen) atoms. The molecule has 1 aromatic rings. The number of anilines is 1. The van der Waals surface area contributed by atoms with Crippen LogP contribution in [0.4, 0.5) is 5.69 Å². The van der Waals surface area contributed by atoms with Gasteiger partial charge in [0.2, 0.25) is 0 Å². The summed E-state index contributed by atoms with van der Waals surface area (Å²) in [5.74, 6) is -0.0900. The summed E-state index contributed by atoms with van der Waals surface area (Å²) in [6.07, 6.45) is 0. The fourth-order valence-electron chi connectivity index (χ4n) is 2.25.